The number of nitrogens with zero attached hydrogens (tertiary/aromatic N) is 4. The van der Waals surface area contributed by atoms with E-state index < -0.39 is 0 Å². The summed E-state index contributed by atoms with van der Waals surface area (Å²) < 4.78 is 1.28. The predicted molar refractivity (Wildman–Crippen MR) is 148 cm³/mol. The monoisotopic (exact) mass is 518 g/mol. The van der Waals surface area contributed by atoms with Crippen LogP contribution in [-0.4, -0.2) is 57.1 Å². The van der Waals surface area contributed by atoms with Crippen LogP contribution in [-0.2, 0) is 11.3 Å². The van der Waals surface area contributed by atoms with Crippen molar-refractivity contribution < 1.29 is 4.79 Å². The summed E-state index contributed by atoms with van der Waals surface area (Å²) in [5.74, 6) is 1.72. The van der Waals surface area contributed by atoms with Crippen LogP contribution >= 0.6 is 23.1 Å². The Hall–Kier alpha value is -2.22. The van der Waals surface area contributed by atoms with Gasteiger partial charge in [-0.05, 0) is 60.1 Å². The number of carbonyl (C=O) groups is 1. The molecule has 4 atom stereocenters. The number of rotatable bonds is 7. The first-order chi connectivity index (χ1) is 17.4. The van der Waals surface area contributed by atoms with Crippen LogP contribution in [0.4, 0.5) is 0 Å². The molecule has 1 saturated carbocycles. The lowest BCUT2D eigenvalue weighted by Crippen LogP contribution is -2.51. The van der Waals surface area contributed by atoms with Crippen LogP contribution in [0.5, 0.6) is 0 Å². The maximum atomic E-state index is 13.9. The second kappa shape index (κ2) is 9.58. The highest BCUT2D eigenvalue weighted by molar-refractivity contribution is 7.99. The third kappa shape index (κ3) is 4.50. The first-order valence-electron chi connectivity index (χ1n) is 13.0. The summed E-state index contributed by atoms with van der Waals surface area (Å²) >= 11 is 3.50. The summed E-state index contributed by atoms with van der Waals surface area (Å²) in [5, 5.41) is 2.37. The standard InChI is InChI=1S/C29H34N4OS2/c1-29(2)21-10-9-20(24(29)14-21)16-33-18-23(36-28-30-11-6-12-31-28)15-25(33)27(34)32(3)17-22-13-19-7-4-5-8-26(19)35-22/h4-9,11-13,21,23-25H,10,14-18H2,1-3H3/t21-,23+,24-,25-/m0/s1. The van der Waals surface area contributed by atoms with Crippen LogP contribution < -0.4 is 0 Å². The molecule has 2 bridgehead atoms. The highest BCUT2D eigenvalue weighted by Gasteiger charge is 2.52. The Morgan fingerprint density at radius 3 is 2.75 bits per heavy atom. The molecular weight excluding hydrogens is 484 g/mol. The molecule has 1 aromatic carbocycles. The van der Waals surface area contributed by atoms with Gasteiger partial charge in [0.25, 0.3) is 0 Å². The lowest BCUT2D eigenvalue weighted by atomic mass is 9.49. The fourth-order valence-electron chi connectivity index (χ4n) is 6.45. The number of likely N-dealkylation sites (N-methyl/N-ethyl adjacent to an activating group) is 1. The topological polar surface area (TPSA) is 49.3 Å². The molecule has 0 unspecified atom stereocenters. The summed E-state index contributed by atoms with van der Waals surface area (Å²) in [7, 11) is 1.96. The summed E-state index contributed by atoms with van der Waals surface area (Å²) in [4.78, 5) is 28.3. The van der Waals surface area contributed by atoms with Crippen LogP contribution in [0.2, 0.25) is 0 Å². The molecule has 7 rings (SSSR count). The number of amides is 1. The van der Waals surface area contributed by atoms with Gasteiger partial charge in [-0.3, -0.25) is 9.69 Å². The van der Waals surface area contributed by atoms with E-state index in [4.69, 9.17) is 0 Å². The number of carbonyl (C=O) groups excluding carboxylic acids is 1. The zero-order valence-electron chi connectivity index (χ0n) is 21.3. The van der Waals surface area contributed by atoms with E-state index in [2.05, 4.69) is 65.1 Å². The first-order valence-corrected chi connectivity index (χ1v) is 14.7. The molecule has 5 nitrogen and oxygen atoms in total. The molecule has 188 valence electrons. The third-order valence-corrected chi connectivity index (χ3v) is 10.9. The molecule has 1 amide bonds. The van der Waals surface area contributed by atoms with Gasteiger partial charge in [0.15, 0.2) is 5.16 Å². The van der Waals surface area contributed by atoms with E-state index in [1.807, 2.05) is 18.0 Å². The molecule has 1 aliphatic heterocycles. The quantitative estimate of drug-likeness (QED) is 0.289. The van der Waals surface area contributed by atoms with Gasteiger partial charge in [0.2, 0.25) is 5.91 Å². The fourth-order valence-corrected chi connectivity index (χ4v) is 8.65. The van der Waals surface area contributed by atoms with E-state index in [0.29, 0.717) is 23.1 Å². The van der Waals surface area contributed by atoms with Gasteiger partial charge in [0, 0.05) is 47.4 Å². The Labute approximate surface area is 222 Å². The van der Waals surface area contributed by atoms with Gasteiger partial charge in [-0.1, -0.05) is 55.5 Å². The molecule has 4 aliphatic rings. The molecule has 3 heterocycles. The smallest absolute Gasteiger partial charge is 0.240 e. The Morgan fingerprint density at radius 2 is 2.00 bits per heavy atom. The zero-order valence-corrected chi connectivity index (χ0v) is 22.9. The minimum Gasteiger partial charge on any atom is -0.339 e. The lowest BCUT2D eigenvalue weighted by molar-refractivity contribution is -0.135. The molecule has 3 aliphatic carbocycles. The molecule has 0 N–H and O–H groups in total. The summed E-state index contributed by atoms with van der Waals surface area (Å²) in [6.45, 7) is 7.30. The first kappa shape index (κ1) is 24.1. The van der Waals surface area contributed by atoms with Crippen LogP contribution in [0.1, 0.15) is 38.0 Å². The molecule has 7 heteroatoms. The number of hydrogen-bond acceptors (Lipinski definition) is 6. The average molecular weight is 519 g/mol. The Bertz CT molecular complexity index is 1250. The maximum Gasteiger partial charge on any atom is 0.240 e. The molecule has 0 spiro atoms. The van der Waals surface area contributed by atoms with Crippen molar-refractivity contribution in [2.75, 3.05) is 20.1 Å². The largest absolute Gasteiger partial charge is 0.339 e. The molecule has 0 radical (unpaired) electrons. The number of aromatic nitrogens is 2. The van der Waals surface area contributed by atoms with Gasteiger partial charge in [-0.15, -0.1) is 11.3 Å². The van der Waals surface area contributed by atoms with Crippen molar-refractivity contribution in [2.45, 2.75) is 56.1 Å². The summed E-state index contributed by atoms with van der Waals surface area (Å²) in [6.07, 6.45) is 9.41. The van der Waals surface area contributed by atoms with Crippen molar-refractivity contribution in [3.63, 3.8) is 0 Å². The number of fused-ring (bicyclic) bond motifs is 2. The van der Waals surface area contributed by atoms with Crippen LogP contribution in [0.25, 0.3) is 10.1 Å². The van der Waals surface area contributed by atoms with Crippen molar-refractivity contribution in [1.29, 1.82) is 0 Å². The van der Waals surface area contributed by atoms with Crippen molar-refractivity contribution in [1.82, 2.24) is 19.8 Å². The van der Waals surface area contributed by atoms with E-state index >= 15 is 0 Å². The minimum absolute atomic E-state index is 0.104. The van der Waals surface area contributed by atoms with Gasteiger partial charge in [0.05, 0.1) is 12.6 Å². The van der Waals surface area contributed by atoms with Gasteiger partial charge in [0.1, 0.15) is 0 Å². The number of likely N-dealkylation sites (tertiary alicyclic amines) is 1. The van der Waals surface area contributed by atoms with Gasteiger partial charge >= 0.3 is 0 Å². The zero-order chi connectivity index (χ0) is 24.9. The second-order valence-electron chi connectivity index (χ2n) is 11.2. The molecular formula is C29H34N4OS2. The number of benzene rings is 1. The minimum atomic E-state index is -0.104. The van der Waals surface area contributed by atoms with Gasteiger partial charge in [-0.25, -0.2) is 9.97 Å². The second-order valence-corrected chi connectivity index (χ2v) is 13.7. The highest BCUT2D eigenvalue weighted by Crippen LogP contribution is 2.59. The van der Waals surface area contributed by atoms with Crippen molar-refractivity contribution in [2.24, 2.45) is 17.3 Å². The molecule has 1 saturated heterocycles. The maximum absolute atomic E-state index is 13.9. The van der Waals surface area contributed by atoms with Gasteiger partial charge in [-0.2, -0.15) is 0 Å². The van der Waals surface area contributed by atoms with E-state index in [1.54, 1.807) is 41.1 Å². The van der Waals surface area contributed by atoms with Crippen LogP contribution in [0.15, 0.2) is 65.6 Å². The van der Waals surface area contributed by atoms with Crippen LogP contribution in [0.3, 0.4) is 0 Å². The number of allylic oxidation sites excluding steroid dienone is 1. The fraction of sp³-hybridized carbons (Fsp3) is 0.483. The SMILES string of the molecule is CN(Cc1cc2ccccc2s1)C(=O)[C@@H]1C[C@@H](Sc2ncccn2)CN1CC1=CC[C@H]2C[C@@H]1C2(C)C. The Balaban J connectivity index is 1.19. The van der Waals surface area contributed by atoms with Crippen molar-refractivity contribution >= 4 is 39.1 Å². The molecule has 2 fully saturated rings. The van der Waals surface area contributed by atoms with E-state index in [9.17, 15) is 4.79 Å². The van der Waals surface area contributed by atoms with E-state index in [1.165, 1.54) is 27.8 Å². The Kier molecular flexibility index (Phi) is 6.42. The van der Waals surface area contributed by atoms with Crippen LogP contribution in [0, 0.1) is 17.3 Å². The highest BCUT2D eigenvalue weighted by atomic mass is 32.2. The average Bonchev–Trinajstić information content (AvgIpc) is 3.47. The normalized spacial score (nSPS) is 27.0. The molecule has 3 aromatic rings. The van der Waals surface area contributed by atoms with E-state index in [0.717, 1.165) is 30.6 Å². The number of hydrogen-bond donors (Lipinski definition) is 0. The number of thiophene rings is 1. The number of thioether (sulfide) groups is 1. The summed E-state index contributed by atoms with van der Waals surface area (Å²) in [5.41, 5.74) is 1.95. The van der Waals surface area contributed by atoms with E-state index in [-0.39, 0.29) is 11.9 Å². The van der Waals surface area contributed by atoms with Crippen molar-refractivity contribution in [3.05, 3.63) is 65.3 Å². The third-order valence-electron chi connectivity index (χ3n) is 8.68. The van der Waals surface area contributed by atoms with Gasteiger partial charge < -0.3 is 4.90 Å². The molecule has 36 heavy (non-hydrogen) atoms. The lowest BCUT2D eigenvalue weighted by Gasteiger charge is -2.57. The summed E-state index contributed by atoms with van der Waals surface area (Å²) in [6, 6.07) is 12.4. The van der Waals surface area contributed by atoms with Crippen molar-refractivity contribution in [3.8, 4) is 0 Å². The predicted octanol–water partition coefficient (Wildman–Crippen LogP) is 5.88. The Morgan fingerprint density at radius 1 is 1.19 bits per heavy atom. The molecule has 2 aromatic heterocycles.